The van der Waals surface area contributed by atoms with E-state index in [2.05, 4.69) is 5.32 Å². The number of carbonyl (C=O) groups is 3. The second-order valence-corrected chi connectivity index (χ2v) is 8.65. The highest BCUT2D eigenvalue weighted by molar-refractivity contribution is 5.90. The van der Waals surface area contributed by atoms with Crippen molar-refractivity contribution in [2.75, 3.05) is 13.7 Å². The lowest BCUT2D eigenvalue weighted by Gasteiger charge is -2.31. The Morgan fingerprint density at radius 1 is 1.07 bits per heavy atom. The van der Waals surface area contributed by atoms with Gasteiger partial charge in [-0.2, -0.15) is 0 Å². The zero-order chi connectivity index (χ0) is 20.0. The minimum absolute atomic E-state index is 0.209. The standard InChI is InChI=1S/C20H34N2O5/c1-20(2,3)27-19(25)21-15(13-14-9-6-5-7-10-14)17(23)22-12-8-11-16(22)18(24)26-4/h14-16H,5-13H2,1-4H3,(H,21,25)/t15-,16+/m1/s1. The fraction of sp³-hybridized carbons (Fsp3) is 0.850. The summed E-state index contributed by atoms with van der Waals surface area (Å²) < 4.78 is 10.2. The first kappa shape index (κ1) is 21.5. The third-order valence-electron chi connectivity index (χ3n) is 5.29. The number of hydrogen-bond donors (Lipinski definition) is 1. The third-order valence-corrected chi connectivity index (χ3v) is 5.29. The molecule has 0 radical (unpaired) electrons. The molecule has 2 fully saturated rings. The molecular formula is C20H34N2O5. The average Bonchev–Trinajstić information content (AvgIpc) is 3.08. The van der Waals surface area contributed by atoms with Gasteiger partial charge in [0.15, 0.2) is 0 Å². The van der Waals surface area contributed by atoms with Gasteiger partial charge in [0.2, 0.25) is 5.91 Å². The van der Waals surface area contributed by atoms with Gasteiger partial charge >= 0.3 is 12.1 Å². The van der Waals surface area contributed by atoms with Gasteiger partial charge in [0.25, 0.3) is 0 Å². The quantitative estimate of drug-likeness (QED) is 0.739. The topological polar surface area (TPSA) is 84.9 Å². The van der Waals surface area contributed by atoms with E-state index in [1.54, 1.807) is 25.7 Å². The fourth-order valence-electron chi connectivity index (χ4n) is 4.04. The van der Waals surface area contributed by atoms with Crippen molar-refractivity contribution in [2.45, 2.75) is 89.8 Å². The molecule has 0 spiro atoms. The Labute approximate surface area is 162 Å². The lowest BCUT2D eigenvalue weighted by molar-refractivity contribution is -0.151. The Kier molecular flexibility index (Phi) is 7.50. The van der Waals surface area contributed by atoms with E-state index in [0.717, 1.165) is 32.1 Å². The van der Waals surface area contributed by atoms with Crippen LogP contribution in [-0.4, -0.2) is 54.2 Å². The van der Waals surface area contributed by atoms with Crippen molar-refractivity contribution in [1.29, 1.82) is 0 Å². The number of likely N-dealkylation sites (tertiary alicyclic amines) is 1. The van der Waals surface area contributed by atoms with Gasteiger partial charge in [-0.15, -0.1) is 0 Å². The van der Waals surface area contributed by atoms with E-state index < -0.39 is 29.7 Å². The van der Waals surface area contributed by atoms with E-state index in [9.17, 15) is 14.4 Å². The van der Waals surface area contributed by atoms with Gasteiger partial charge in [0.1, 0.15) is 17.7 Å². The van der Waals surface area contributed by atoms with Crippen molar-refractivity contribution in [2.24, 2.45) is 5.92 Å². The predicted molar refractivity (Wildman–Crippen MR) is 101 cm³/mol. The van der Waals surface area contributed by atoms with Crippen molar-refractivity contribution < 1.29 is 23.9 Å². The van der Waals surface area contributed by atoms with Crippen LogP contribution < -0.4 is 5.32 Å². The summed E-state index contributed by atoms with van der Waals surface area (Å²) in [4.78, 5) is 39.1. The average molecular weight is 383 g/mol. The summed E-state index contributed by atoms with van der Waals surface area (Å²) in [6, 6.07) is -1.23. The maximum absolute atomic E-state index is 13.2. The number of nitrogens with one attached hydrogen (secondary N) is 1. The second kappa shape index (κ2) is 9.42. The summed E-state index contributed by atoms with van der Waals surface area (Å²) in [5.41, 5.74) is -0.634. The van der Waals surface area contributed by atoms with Gasteiger partial charge in [-0.3, -0.25) is 4.79 Å². The summed E-state index contributed by atoms with van der Waals surface area (Å²) in [5.74, 6) is -0.198. The molecule has 7 nitrogen and oxygen atoms in total. The molecule has 2 aliphatic rings. The van der Waals surface area contributed by atoms with Crippen LogP contribution in [0.3, 0.4) is 0 Å². The predicted octanol–water partition coefficient (Wildman–Crippen LogP) is 3.01. The van der Waals surface area contributed by atoms with Crippen LogP contribution in [0.4, 0.5) is 4.79 Å². The minimum atomic E-state index is -0.673. The normalized spacial score (nSPS) is 22.2. The number of amides is 2. The third kappa shape index (κ3) is 6.40. The molecule has 27 heavy (non-hydrogen) atoms. The number of alkyl carbamates (subject to hydrolysis) is 1. The van der Waals surface area contributed by atoms with Crippen LogP contribution in [-0.2, 0) is 19.1 Å². The molecule has 1 aliphatic heterocycles. The first-order valence-electron chi connectivity index (χ1n) is 10.1. The smallest absolute Gasteiger partial charge is 0.408 e. The second-order valence-electron chi connectivity index (χ2n) is 8.65. The van der Waals surface area contributed by atoms with E-state index in [1.807, 2.05) is 0 Å². The Hall–Kier alpha value is -1.79. The molecule has 1 saturated heterocycles. The molecule has 2 amide bonds. The molecule has 1 saturated carbocycles. The van der Waals surface area contributed by atoms with Crippen molar-refractivity contribution in [3.63, 3.8) is 0 Å². The van der Waals surface area contributed by atoms with Crippen molar-refractivity contribution in [1.82, 2.24) is 10.2 Å². The van der Waals surface area contributed by atoms with Crippen LogP contribution in [0.25, 0.3) is 0 Å². The fourth-order valence-corrected chi connectivity index (χ4v) is 4.04. The number of esters is 1. The first-order valence-corrected chi connectivity index (χ1v) is 10.1. The lowest BCUT2D eigenvalue weighted by atomic mass is 9.84. The molecule has 154 valence electrons. The maximum atomic E-state index is 13.2. The molecule has 1 heterocycles. The summed E-state index contributed by atoms with van der Waals surface area (Å²) in [6.07, 6.45) is 7.03. The highest BCUT2D eigenvalue weighted by Gasteiger charge is 2.39. The summed E-state index contributed by atoms with van der Waals surface area (Å²) >= 11 is 0. The number of hydrogen-bond acceptors (Lipinski definition) is 5. The number of carbonyl (C=O) groups excluding carboxylic acids is 3. The Balaban J connectivity index is 2.10. The van der Waals surface area contributed by atoms with Gasteiger partial charge in [0.05, 0.1) is 7.11 Å². The van der Waals surface area contributed by atoms with Gasteiger partial charge in [-0.1, -0.05) is 32.1 Å². The van der Waals surface area contributed by atoms with Gasteiger partial charge < -0.3 is 19.7 Å². The molecule has 7 heteroatoms. The highest BCUT2D eigenvalue weighted by atomic mass is 16.6. The van der Waals surface area contributed by atoms with Crippen molar-refractivity contribution >= 4 is 18.0 Å². The van der Waals surface area contributed by atoms with E-state index in [0.29, 0.717) is 25.3 Å². The maximum Gasteiger partial charge on any atom is 0.408 e. The molecule has 0 bridgehead atoms. The molecule has 2 atom stereocenters. The largest absolute Gasteiger partial charge is 0.467 e. The van der Waals surface area contributed by atoms with Crippen molar-refractivity contribution in [3.8, 4) is 0 Å². The molecule has 0 aromatic carbocycles. The van der Waals surface area contributed by atoms with E-state index >= 15 is 0 Å². The number of ether oxygens (including phenoxy) is 2. The van der Waals surface area contributed by atoms with Crippen LogP contribution in [0.5, 0.6) is 0 Å². The van der Waals surface area contributed by atoms with Crippen LogP contribution in [0.2, 0.25) is 0 Å². The van der Waals surface area contributed by atoms with E-state index in [1.165, 1.54) is 13.5 Å². The SMILES string of the molecule is COC(=O)[C@@H]1CCCN1C(=O)[C@@H](CC1CCCCC1)NC(=O)OC(C)(C)C. The molecular weight excluding hydrogens is 348 g/mol. The molecule has 2 rings (SSSR count). The van der Waals surface area contributed by atoms with Crippen molar-refractivity contribution in [3.05, 3.63) is 0 Å². The van der Waals surface area contributed by atoms with Crippen LogP contribution in [0.1, 0.15) is 72.1 Å². The minimum Gasteiger partial charge on any atom is -0.467 e. The number of rotatable bonds is 5. The van der Waals surface area contributed by atoms with E-state index in [-0.39, 0.29) is 5.91 Å². The molecule has 1 aliphatic carbocycles. The van der Waals surface area contributed by atoms with Crippen LogP contribution in [0, 0.1) is 5.92 Å². The molecule has 0 aromatic heterocycles. The molecule has 0 unspecified atom stereocenters. The van der Waals surface area contributed by atoms with Gasteiger partial charge in [-0.05, 0) is 46.0 Å². The zero-order valence-corrected chi connectivity index (χ0v) is 17.1. The molecule has 1 N–H and O–H groups in total. The molecule has 0 aromatic rings. The first-order chi connectivity index (χ1) is 12.7. The Morgan fingerprint density at radius 2 is 1.74 bits per heavy atom. The monoisotopic (exact) mass is 382 g/mol. The Morgan fingerprint density at radius 3 is 2.33 bits per heavy atom. The summed E-state index contributed by atoms with van der Waals surface area (Å²) in [5, 5.41) is 2.77. The highest BCUT2D eigenvalue weighted by Crippen LogP contribution is 2.29. The van der Waals surface area contributed by atoms with Crippen LogP contribution >= 0.6 is 0 Å². The number of nitrogens with zero attached hydrogens (tertiary/aromatic N) is 1. The van der Waals surface area contributed by atoms with E-state index in [4.69, 9.17) is 9.47 Å². The number of methoxy groups -OCH3 is 1. The summed E-state index contributed by atoms with van der Waals surface area (Å²) in [6.45, 7) is 5.88. The lowest BCUT2D eigenvalue weighted by Crippen LogP contribution is -2.53. The zero-order valence-electron chi connectivity index (χ0n) is 17.1. The summed E-state index contributed by atoms with van der Waals surface area (Å²) in [7, 11) is 1.34. The van der Waals surface area contributed by atoms with Gasteiger partial charge in [-0.25, -0.2) is 9.59 Å². The van der Waals surface area contributed by atoms with Crippen LogP contribution in [0.15, 0.2) is 0 Å². The Bertz CT molecular complexity index is 537. The van der Waals surface area contributed by atoms with Gasteiger partial charge in [0, 0.05) is 6.54 Å².